The van der Waals surface area contributed by atoms with Crippen molar-refractivity contribution in [1.29, 1.82) is 5.26 Å². The SMILES string of the molecule is Cc1ccc(F)c2c(=O)n(-c3cccc(C#N)c3)c(CCNC(=O)OC(C)(C)C)nc12. The zero-order chi connectivity index (χ0) is 22.8. The van der Waals surface area contributed by atoms with Crippen molar-refractivity contribution in [2.75, 3.05) is 6.54 Å². The van der Waals surface area contributed by atoms with Crippen LogP contribution in [0.1, 0.15) is 37.7 Å². The second kappa shape index (κ2) is 8.56. The number of nitrogens with zero attached hydrogens (tertiary/aromatic N) is 3. The number of carbonyl (C=O) groups is 1. The average molecular weight is 422 g/mol. The third-order valence-corrected chi connectivity index (χ3v) is 4.50. The molecule has 160 valence electrons. The number of fused-ring (bicyclic) bond motifs is 1. The second-order valence-corrected chi connectivity index (χ2v) is 8.10. The van der Waals surface area contributed by atoms with Crippen LogP contribution in [0.2, 0.25) is 0 Å². The predicted molar refractivity (Wildman–Crippen MR) is 115 cm³/mol. The van der Waals surface area contributed by atoms with Gasteiger partial charge < -0.3 is 10.1 Å². The van der Waals surface area contributed by atoms with Gasteiger partial charge in [0.1, 0.15) is 22.6 Å². The molecule has 7 nitrogen and oxygen atoms in total. The minimum absolute atomic E-state index is 0.119. The Bertz CT molecular complexity index is 1250. The van der Waals surface area contributed by atoms with Crippen molar-refractivity contribution in [3.63, 3.8) is 0 Å². The summed E-state index contributed by atoms with van der Waals surface area (Å²) in [6.45, 7) is 7.18. The number of nitrogens with one attached hydrogen (secondary N) is 1. The van der Waals surface area contributed by atoms with Crippen LogP contribution in [-0.4, -0.2) is 27.8 Å². The van der Waals surface area contributed by atoms with Gasteiger partial charge in [-0.1, -0.05) is 12.1 Å². The van der Waals surface area contributed by atoms with E-state index in [9.17, 15) is 19.2 Å². The van der Waals surface area contributed by atoms with Crippen LogP contribution >= 0.6 is 0 Å². The number of benzene rings is 2. The standard InChI is InChI=1S/C23H23FN4O3/c1-14-8-9-17(24)19-20(14)27-18(10-11-26-22(30)31-23(2,3)4)28(21(19)29)16-7-5-6-15(12-16)13-25/h5-9,12H,10-11H2,1-4H3,(H,26,30). The Morgan fingerprint density at radius 2 is 2.03 bits per heavy atom. The van der Waals surface area contributed by atoms with Crippen LogP contribution in [0.25, 0.3) is 16.6 Å². The Morgan fingerprint density at radius 3 is 2.71 bits per heavy atom. The van der Waals surface area contributed by atoms with Crippen LogP contribution in [0.3, 0.4) is 0 Å². The van der Waals surface area contributed by atoms with Crippen molar-refractivity contribution in [2.45, 2.75) is 39.7 Å². The van der Waals surface area contributed by atoms with E-state index in [0.29, 0.717) is 22.6 Å². The van der Waals surface area contributed by atoms with Gasteiger partial charge in [0.05, 0.1) is 22.8 Å². The third kappa shape index (κ3) is 4.89. The maximum absolute atomic E-state index is 14.5. The van der Waals surface area contributed by atoms with E-state index >= 15 is 0 Å². The van der Waals surface area contributed by atoms with Crippen LogP contribution in [0.4, 0.5) is 9.18 Å². The van der Waals surface area contributed by atoms with Gasteiger partial charge in [0, 0.05) is 13.0 Å². The number of hydrogen-bond donors (Lipinski definition) is 1. The molecule has 0 fully saturated rings. The van der Waals surface area contributed by atoms with E-state index in [1.165, 1.54) is 16.7 Å². The van der Waals surface area contributed by atoms with Crippen molar-refractivity contribution in [1.82, 2.24) is 14.9 Å². The molecular weight excluding hydrogens is 399 g/mol. The molecule has 3 aromatic rings. The zero-order valence-electron chi connectivity index (χ0n) is 17.8. The molecule has 1 aromatic heterocycles. The fourth-order valence-corrected chi connectivity index (χ4v) is 3.17. The molecule has 3 rings (SSSR count). The van der Waals surface area contributed by atoms with Crippen LogP contribution in [0, 0.1) is 24.1 Å². The van der Waals surface area contributed by atoms with E-state index in [4.69, 9.17) is 4.74 Å². The summed E-state index contributed by atoms with van der Waals surface area (Å²) in [5.74, 6) is -0.334. The van der Waals surface area contributed by atoms with Crippen molar-refractivity contribution in [2.24, 2.45) is 0 Å². The lowest BCUT2D eigenvalue weighted by Crippen LogP contribution is -2.34. The molecule has 8 heteroatoms. The molecule has 1 heterocycles. The van der Waals surface area contributed by atoms with Gasteiger partial charge >= 0.3 is 6.09 Å². The summed E-state index contributed by atoms with van der Waals surface area (Å²) in [7, 11) is 0. The molecule has 0 saturated heterocycles. The van der Waals surface area contributed by atoms with Crippen LogP contribution in [0.5, 0.6) is 0 Å². The van der Waals surface area contributed by atoms with Crippen molar-refractivity contribution in [3.05, 3.63) is 69.5 Å². The number of halogens is 1. The number of aryl methyl sites for hydroxylation is 1. The fourth-order valence-electron chi connectivity index (χ4n) is 3.17. The minimum Gasteiger partial charge on any atom is -0.444 e. The van der Waals surface area contributed by atoms with Crippen molar-refractivity contribution in [3.8, 4) is 11.8 Å². The highest BCUT2D eigenvalue weighted by Gasteiger charge is 2.19. The highest BCUT2D eigenvalue weighted by atomic mass is 19.1. The van der Waals surface area contributed by atoms with Crippen LogP contribution < -0.4 is 10.9 Å². The number of rotatable bonds is 4. The van der Waals surface area contributed by atoms with Crippen LogP contribution in [-0.2, 0) is 11.2 Å². The average Bonchev–Trinajstić information content (AvgIpc) is 2.69. The van der Waals surface area contributed by atoms with E-state index in [-0.39, 0.29) is 23.9 Å². The predicted octanol–water partition coefficient (Wildman–Crippen LogP) is 3.77. The number of nitriles is 1. The highest BCUT2D eigenvalue weighted by molar-refractivity contribution is 5.82. The first-order chi connectivity index (χ1) is 14.6. The summed E-state index contributed by atoms with van der Waals surface area (Å²) >= 11 is 0. The molecule has 0 aliphatic heterocycles. The topological polar surface area (TPSA) is 97.0 Å². The Morgan fingerprint density at radius 1 is 1.29 bits per heavy atom. The molecule has 0 unspecified atom stereocenters. The number of hydrogen-bond acceptors (Lipinski definition) is 5. The van der Waals surface area contributed by atoms with Gasteiger partial charge in [-0.05, 0) is 57.5 Å². The van der Waals surface area contributed by atoms with Gasteiger partial charge in [-0.3, -0.25) is 9.36 Å². The largest absolute Gasteiger partial charge is 0.444 e. The third-order valence-electron chi connectivity index (χ3n) is 4.50. The molecule has 0 bridgehead atoms. The molecule has 1 amide bonds. The molecule has 0 spiro atoms. The van der Waals surface area contributed by atoms with Crippen molar-refractivity contribution < 1.29 is 13.9 Å². The summed E-state index contributed by atoms with van der Waals surface area (Å²) in [4.78, 5) is 29.8. The van der Waals surface area contributed by atoms with Gasteiger partial charge in [-0.15, -0.1) is 0 Å². The summed E-state index contributed by atoms with van der Waals surface area (Å²) in [5, 5.41) is 11.7. The first-order valence-electron chi connectivity index (χ1n) is 9.79. The number of aromatic nitrogens is 2. The quantitative estimate of drug-likeness (QED) is 0.690. The van der Waals surface area contributed by atoms with Gasteiger partial charge in [0.2, 0.25) is 0 Å². The van der Waals surface area contributed by atoms with Gasteiger partial charge in [0.25, 0.3) is 5.56 Å². The van der Waals surface area contributed by atoms with Gasteiger partial charge in [-0.25, -0.2) is 14.2 Å². The maximum Gasteiger partial charge on any atom is 0.407 e. The lowest BCUT2D eigenvalue weighted by atomic mass is 10.1. The summed E-state index contributed by atoms with van der Waals surface area (Å²) in [6.07, 6.45) is -0.396. The molecule has 2 aromatic carbocycles. The minimum atomic E-state index is -0.665. The number of alkyl carbamates (subject to hydrolysis) is 1. The first-order valence-corrected chi connectivity index (χ1v) is 9.79. The molecular formula is C23H23FN4O3. The summed E-state index contributed by atoms with van der Waals surface area (Å²) in [6, 6.07) is 11.3. The summed E-state index contributed by atoms with van der Waals surface area (Å²) in [5.41, 5.74) is 0.463. The molecule has 0 saturated carbocycles. The smallest absolute Gasteiger partial charge is 0.407 e. The van der Waals surface area contributed by atoms with E-state index < -0.39 is 23.1 Å². The van der Waals surface area contributed by atoms with E-state index in [1.54, 1.807) is 52.0 Å². The monoisotopic (exact) mass is 422 g/mol. The zero-order valence-corrected chi connectivity index (χ0v) is 17.8. The molecule has 0 atom stereocenters. The van der Waals surface area contributed by atoms with Gasteiger partial charge in [0.15, 0.2) is 0 Å². The van der Waals surface area contributed by atoms with Gasteiger partial charge in [-0.2, -0.15) is 5.26 Å². The molecule has 1 N–H and O–H groups in total. The number of carbonyl (C=O) groups excluding carboxylic acids is 1. The van der Waals surface area contributed by atoms with E-state index in [1.807, 2.05) is 6.07 Å². The second-order valence-electron chi connectivity index (χ2n) is 8.10. The molecule has 0 aliphatic carbocycles. The maximum atomic E-state index is 14.5. The Balaban J connectivity index is 2.08. The lowest BCUT2D eigenvalue weighted by Gasteiger charge is -2.20. The lowest BCUT2D eigenvalue weighted by molar-refractivity contribution is 0.0528. The fraction of sp³-hybridized carbons (Fsp3) is 0.304. The molecule has 31 heavy (non-hydrogen) atoms. The van der Waals surface area contributed by atoms with E-state index in [0.717, 1.165) is 0 Å². The highest BCUT2D eigenvalue weighted by Crippen LogP contribution is 2.20. The number of amides is 1. The Hall–Kier alpha value is -3.73. The Kier molecular flexibility index (Phi) is 6.07. The van der Waals surface area contributed by atoms with Crippen molar-refractivity contribution >= 4 is 17.0 Å². The Labute approximate surface area is 179 Å². The molecule has 0 aliphatic rings. The molecule has 0 radical (unpaired) electrons. The normalized spacial score (nSPS) is 11.2. The van der Waals surface area contributed by atoms with E-state index in [2.05, 4.69) is 10.3 Å². The van der Waals surface area contributed by atoms with Crippen LogP contribution in [0.15, 0.2) is 41.2 Å². The number of ether oxygens (including phenoxy) is 1. The summed E-state index contributed by atoms with van der Waals surface area (Å²) < 4.78 is 21.0. The first kappa shape index (κ1) is 22.0.